The Hall–Kier alpha value is 0. The summed E-state index contributed by atoms with van der Waals surface area (Å²) in [7, 11) is 0. The van der Waals surface area contributed by atoms with Crippen LogP contribution in [-0.4, -0.2) is 0 Å². The van der Waals surface area contributed by atoms with Crippen LogP contribution < -0.4 is 0 Å². The highest BCUT2D eigenvalue weighted by Crippen LogP contribution is 2.39. The summed E-state index contributed by atoms with van der Waals surface area (Å²) in [6.45, 7) is 14.3. The molecule has 0 aromatic rings. The van der Waals surface area contributed by atoms with Crippen molar-refractivity contribution in [1.82, 2.24) is 0 Å². The van der Waals surface area contributed by atoms with Crippen LogP contribution in [0.25, 0.3) is 0 Å². The van der Waals surface area contributed by atoms with E-state index in [1.54, 1.807) is 0 Å². The standard InChI is InChI=1S/C17H36/c1-7-12-16(5,6)14-11-15-17(9-3,10-4)13-8-2/h7-15H2,1-6H3. The van der Waals surface area contributed by atoms with E-state index in [1.807, 2.05) is 0 Å². The highest BCUT2D eigenvalue weighted by atomic mass is 14.3. The maximum Gasteiger partial charge on any atom is -0.0303 e. The van der Waals surface area contributed by atoms with E-state index in [-0.39, 0.29) is 0 Å². The van der Waals surface area contributed by atoms with E-state index in [1.165, 1.54) is 57.8 Å². The topological polar surface area (TPSA) is 0 Å². The summed E-state index contributed by atoms with van der Waals surface area (Å²) < 4.78 is 0. The van der Waals surface area contributed by atoms with Gasteiger partial charge in [0.1, 0.15) is 0 Å². The molecule has 104 valence electrons. The zero-order valence-corrected chi connectivity index (χ0v) is 13.4. The third kappa shape index (κ3) is 6.48. The van der Waals surface area contributed by atoms with Crippen molar-refractivity contribution in [1.29, 1.82) is 0 Å². The van der Waals surface area contributed by atoms with Crippen molar-refractivity contribution in [3.05, 3.63) is 0 Å². The van der Waals surface area contributed by atoms with E-state index in [2.05, 4.69) is 41.5 Å². The molecule has 0 heteroatoms. The first-order valence-electron chi connectivity index (χ1n) is 7.95. The van der Waals surface area contributed by atoms with Crippen molar-refractivity contribution in [2.75, 3.05) is 0 Å². The fourth-order valence-corrected chi connectivity index (χ4v) is 3.36. The van der Waals surface area contributed by atoms with Crippen molar-refractivity contribution in [3.8, 4) is 0 Å². The molecule has 0 aliphatic rings. The molecule has 0 spiro atoms. The van der Waals surface area contributed by atoms with Crippen LogP contribution in [0, 0.1) is 10.8 Å². The molecule has 0 atom stereocenters. The Morgan fingerprint density at radius 3 is 1.59 bits per heavy atom. The van der Waals surface area contributed by atoms with Gasteiger partial charge in [-0.15, -0.1) is 0 Å². The van der Waals surface area contributed by atoms with Crippen LogP contribution in [0.2, 0.25) is 0 Å². The summed E-state index contributed by atoms with van der Waals surface area (Å²) in [5.74, 6) is 0. The van der Waals surface area contributed by atoms with Gasteiger partial charge in [0.15, 0.2) is 0 Å². The molecule has 0 nitrogen and oxygen atoms in total. The smallest absolute Gasteiger partial charge is 0.0303 e. The quantitative estimate of drug-likeness (QED) is 0.404. The molecule has 17 heavy (non-hydrogen) atoms. The maximum atomic E-state index is 2.44. The van der Waals surface area contributed by atoms with Crippen molar-refractivity contribution >= 4 is 0 Å². The summed E-state index contributed by atoms with van der Waals surface area (Å²) in [5, 5.41) is 0. The van der Waals surface area contributed by atoms with Crippen LogP contribution in [-0.2, 0) is 0 Å². The fraction of sp³-hybridized carbons (Fsp3) is 1.00. The minimum Gasteiger partial charge on any atom is -0.0654 e. The largest absolute Gasteiger partial charge is 0.0654 e. The van der Waals surface area contributed by atoms with Gasteiger partial charge in [-0.05, 0) is 36.5 Å². The molecular weight excluding hydrogens is 204 g/mol. The van der Waals surface area contributed by atoms with Gasteiger partial charge in [-0.25, -0.2) is 0 Å². The molecule has 0 radical (unpaired) electrons. The van der Waals surface area contributed by atoms with E-state index >= 15 is 0 Å². The van der Waals surface area contributed by atoms with Gasteiger partial charge in [0, 0.05) is 0 Å². The maximum absolute atomic E-state index is 2.44. The van der Waals surface area contributed by atoms with Crippen LogP contribution in [0.1, 0.15) is 99.3 Å². The van der Waals surface area contributed by atoms with Gasteiger partial charge in [0.25, 0.3) is 0 Å². The second kappa shape index (κ2) is 8.16. The lowest BCUT2D eigenvalue weighted by molar-refractivity contribution is 0.189. The van der Waals surface area contributed by atoms with Gasteiger partial charge in [-0.3, -0.25) is 0 Å². The SMILES string of the molecule is CCCC(C)(C)CCCC(CC)(CC)CCC. The molecule has 0 N–H and O–H groups in total. The lowest BCUT2D eigenvalue weighted by atomic mass is 9.72. The predicted molar refractivity (Wildman–Crippen MR) is 80.5 cm³/mol. The highest BCUT2D eigenvalue weighted by molar-refractivity contribution is 4.78. The molecule has 0 aromatic heterocycles. The predicted octanol–water partition coefficient (Wildman–Crippen LogP) is 6.59. The van der Waals surface area contributed by atoms with E-state index in [0.717, 1.165) is 0 Å². The zero-order valence-electron chi connectivity index (χ0n) is 13.4. The lowest BCUT2D eigenvalue weighted by Gasteiger charge is -2.33. The van der Waals surface area contributed by atoms with Crippen molar-refractivity contribution in [2.45, 2.75) is 99.3 Å². The van der Waals surface area contributed by atoms with E-state index < -0.39 is 0 Å². The first kappa shape index (κ1) is 17.0. The average Bonchev–Trinajstić information content (AvgIpc) is 2.27. The molecule has 0 aliphatic carbocycles. The van der Waals surface area contributed by atoms with Crippen molar-refractivity contribution < 1.29 is 0 Å². The summed E-state index contributed by atoms with van der Waals surface area (Å²) in [6, 6.07) is 0. The Balaban J connectivity index is 4.13. The number of hydrogen-bond donors (Lipinski definition) is 0. The Morgan fingerprint density at radius 2 is 1.18 bits per heavy atom. The molecule has 0 bridgehead atoms. The third-order valence-electron chi connectivity index (χ3n) is 4.77. The highest BCUT2D eigenvalue weighted by Gasteiger charge is 2.25. The summed E-state index contributed by atoms with van der Waals surface area (Å²) in [5.41, 5.74) is 1.21. The summed E-state index contributed by atoms with van der Waals surface area (Å²) >= 11 is 0. The van der Waals surface area contributed by atoms with Crippen LogP contribution >= 0.6 is 0 Å². The Morgan fingerprint density at radius 1 is 0.647 bits per heavy atom. The molecule has 0 aliphatic heterocycles. The lowest BCUT2D eigenvalue weighted by Crippen LogP contribution is -2.20. The fourth-order valence-electron chi connectivity index (χ4n) is 3.36. The average molecular weight is 240 g/mol. The Kier molecular flexibility index (Phi) is 8.16. The molecule has 0 amide bonds. The van der Waals surface area contributed by atoms with Gasteiger partial charge < -0.3 is 0 Å². The van der Waals surface area contributed by atoms with E-state index in [0.29, 0.717) is 10.8 Å². The van der Waals surface area contributed by atoms with Crippen LogP contribution in [0.4, 0.5) is 0 Å². The van der Waals surface area contributed by atoms with Crippen molar-refractivity contribution in [3.63, 3.8) is 0 Å². The molecule has 0 unspecified atom stereocenters. The molecule has 0 rings (SSSR count). The van der Waals surface area contributed by atoms with E-state index in [4.69, 9.17) is 0 Å². The van der Waals surface area contributed by atoms with Crippen LogP contribution in [0.3, 0.4) is 0 Å². The molecule has 0 heterocycles. The molecule has 0 aromatic carbocycles. The van der Waals surface area contributed by atoms with Gasteiger partial charge >= 0.3 is 0 Å². The molecule has 0 fully saturated rings. The van der Waals surface area contributed by atoms with Gasteiger partial charge in [0.05, 0.1) is 0 Å². The second-order valence-electron chi connectivity index (χ2n) is 6.72. The van der Waals surface area contributed by atoms with Gasteiger partial charge in [-0.2, -0.15) is 0 Å². The molecule has 0 saturated heterocycles. The normalized spacial score (nSPS) is 13.1. The molecular formula is C17H36. The minimum atomic E-state index is 0.564. The first-order chi connectivity index (χ1) is 7.95. The van der Waals surface area contributed by atoms with E-state index in [9.17, 15) is 0 Å². The Bertz CT molecular complexity index is 174. The van der Waals surface area contributed by atoms with Crippen molar-refractivity contribution in [2.24, 2.45) is 10.8 Å². The minimum absolute atomic E-state index is 0.564. The van der Waals surface area contributed by atoms with Crippen LogP contribution in [0.15, 0.2) is 0 Å². The van der Waals surface area contributed by atoms with Gasteiger partial charge in [0.2, 0.25) is 0 Å². The first-order valence-corrected chi connectivity index (χ1v) is 7.95. The number of rotatable bonds is 10. The van der Waals surface area contributed by atoms with Crippen LogP contribution in [0.5, 0.6) is 0 Å². The molecule has 0 saturated carbocycles. The summed E-state index contributed by atoms with van der Waals surface area (Å²) in [4.78, 5) is 0. The monoisotopic (exact) mass is 240 g/mol. The third-order valence-corrected chi connectivity index (χ3v) is 4.77. The summed E-state index contributed by atoms with van der Waals surface area (Å²) in [6.07, 6.45) is 12.5. The second-order valence-corrected chi connectivity index (χ2v) is 6.72. The Labute approximate surface area is 111 Å². The van der Waals surface area contributed by atoms with Gasteiger partial charge in [-0.1, -0.05) is 73.6 Å². The number of hydrogen-bond acceptors (Lipinski definition) is 0. The zero-order chi connectivity index (χ0) is 13.4.